The molecule has 0 bridgehead atoms. The van der Waals surface area contributed by atoms with Gasteiger partial charge in [0, 0.05) is 12.1 Å². The maximum absolute atomic E-state index is 11.7. The number of hydrogen-bond acceptors (Lipinski definition) is 3. The van der Waals surface area contributed by atoms with Crippen LogP contribution in [0.3, 0.4) is 0 Å². The summed E-state index contributed by atoms with van der Waals surface area (Å²) in [6.45, 7) is 0.639. The molecule has 21 heavy (non-hydrogen) atoms. The zero-order chi connectivity index (χ0) is 14.9. The second-order valence-corrected chi connectivity index (χ2v) is 5.42. The molecule has 2 rings (SSSR count). The van der Waals surface area contributed by atoms with Gasteiger partial charge in [-0.25, -0.2) is 0 Å². The zero-order valence-corrected chi connectivity index (χ0v) is 12.3. The maximum Gasteiger partial charge on any atom is 0.260 e. The molecule has 0 aromatic heterocycles. The van der Waals surface area contributed by atoms with E-state index in [4.69, 9.17) is 10.6 Å². The van der Waals surface area contributed by atoms with Crippen LogP contribution < -0.4 is 11.1 Å². The summed E-state index contributed by atoms with van der Waals surface area (Å²) >= 11 is 0. The molecule has 0 spiro atoms. The summed E-state index contributed by atoms with van der Waals surface area (Å²) in [5.74, 6) is 0.737. The Kier molecular flexibility index (Phi) is 6.06. The molecule has 0 atom stereocenters. The molecular formula is C16H23N3O2. The molecule has 1 fully saturated rings. The van der Waals surface area contributed by atoms with Gasteiger partial charge in [-0.15, -0.1) is 0 Å². The first-order chi connectivity index (χ1) is 10.3. The van der Waals surface area contributed by atoms with Gasteiger partial charge < -0.3 is 15.9 Å². The summed E-state index contributed by atoms with van der Waals surface area (Å²) in [7, 11) is 0. The average molecular weight is 289 g/mol. The van der Waals surface area contributed by atoms with Crippen molar-refractivity contribution in [3.8, 4) is 0 Å². The Morgan fingerprint density at radius 1 is 1.24 bits per heavy atom. The summed E-state index contributed by atoms with van der Waals surface area (Å²) in [5.41, 5.74) is 6.54. The summed E-state index contributed by atoms with van der Waals surface area (Å²) in [6, 6.07) is 9.32. The highest BCUT2D eigenvalue weighted by Gasteiger charge is 2.14. The second kappa shape index (κ2) is 8.29. The number of benzene rings is 1. The lowest BCUT2D eigenvalue weighted by Crippen LogP contribution is -2.32. The highest BCUT2D eigenvalue weighted by molar-refractivity contribution is 5.97. The third-order valence-electron chi connectivity index (χ3n) is 3.74. The largest absolute Gasteiger partial charge is 0.384 e. The molecule has 0 radical (unpaired) electrons. The van der Waals surface area contributed by atoms with Crippen molar-refractivity contribution < 1.29 is 9.63 Å². The number of nitrogens with two attached hydrogens (primary N) is 1. The minimum absolute atomic E-state index is 0.0970. The molecule has 1 aliphatic carbocycles. The van der Waals surface area contributed by atoms with Crippen LogP contribution in [0.2, 0.25) is 0 Å². The normalized spacial score (nSPS) is 16.5. The van der Waals surface area contributed by atoms with Gasteiger partial charge >= 0.3 is 0 Å². The van der Waals surface area contributed by atoms with Crippen LogP contribution in [0.25, 0.3) is 0 Å². The highest BCUT2D eigenvalue weighted by Crippen LogP contribution is 2.22. The molecule has 3 N–H and O–H groups in total. The van der Waals surface area contributed by atoms with Crippen molar-refractivity contribution >= 4 is 11.7 Å². The predicted molar refractivity (Wildman–Crippen MR) is 82.7 cm³/mol. The number of amides is 1. The molecule has 0 aliphatic heterocycles. The van der Waals surface area contributed by atoms with Gasteiger partial charge in [0.15, 0.2) is 12.4 Å². The molecule has 5 nitrogen and oxygen atoms in total. The number of oxime groups is 1. The minimum Gasteiger partial charge on any atom is -0.384 e. The van der Waals surface area contributed by atoms with E-state index in [1.54, 1.807) is 0 Å². The lowest BCUT2D eigenvalue weighted by Gasteiger charge is -2.21. The van der Waals surface area contributed by atoms with Gasteiger partial charge in [-0.2, -0.15) is 0 Å². The Morgan fingerprint density at radius 3 is 2.67 bits per heavy atom. The van der Waals surface area contributed by atoms with E-state index < -0.39 is 0 Å². The van der Waals surface area contributed by atoms with Crippen molar-refractivity contribution in [2.24, 2.45) is 16.8 Å². The van der Waals surface area contributed by atoms with Crippen LogP contribution in [0.5, 0.6) is 0 Å². The Balaban J connectivity index is 1.66. The zero-order valence-electron chi connectivity index (χ0n) is 12.3. The Labute approximate surface area is 125 Å². The van der Waals surface area contributed by atoms with E-state index >= 15 is 0 Å². The number of hydrogen-bond donors (Lipinski definition) is 2. The topological polar surface area (TPSA) is 76.7 Å². The molecule has 1 amide bonds. The standard InChI is InChI=1S/C16H23N3O2/c17-16(14-9-5-2-6-10-14)19-21-12-15(20)18-11-13-7-3-1-4-8-13/h2,5-6,9-10,13H,1,3-4,7-8,11-12H2,(H2,17,19)(H,18,20). The van der Waals surface area contributed by atoms with Crippen molar-refractivity contribution in [1.82, 2.24) is 5.32 Å². The van der Waals surface area contributed by atoms with Crippen LogP contribution in [0.1, 0.15) is 37.7 Å². The molecule has 1 aromatic carbocycles. The quantitative estimate of drug-likeness (QED) is 0.478. The lowest BCUT2D eigenvalue weighted by atomic mass is 9.89. The van der Waals surface area contributed by atoms with Crippen LogP contribution in [-0.2, 0) is 9.63 Å². The van der Waals surface area contributed by atoms with Gasteiger partial charge in [0.2, 0.25) is 0 Å². The van der Waals surface area contributed by atoms with E-state index in [9.17, 15) is 4.79 Å². The first-order valence-corrected chi connectivity index (χ1v) is 7.53. The van der Waals surface area contributed by atoms with Crippen molar-refractivity contribution in [2.75, 3.05) is 13.2 Å². The van der Waals surface area contributed by atoms with Gasteiger partial charge in [-0.3, -0.25) is 4.79 Å². The molecular weight excluding hydrogens is 266 g/mol. The number of carbonyl (C=O) groups excluding carboxylic acids is 1. The van der Waals surface area contributed by atoms with E-state index in [0.717, 1.165) is 12.1 Å². The van der Waals surface area contributed by atoms with E-state index in [1.807, 2.05) is 30.3 Å². The Hall–Kier alpha value is -2.04. The van der Waals surface area contributed by atoms with Gasteiger partial charge in [0.1, 0.15) is 0 Å². The van der Waals surface area contributed by atoms with Crippen LogP contribution in [-0.4, -0.2) is 24.9 Å². The summed E-state index contributed by atoms with van der Waals surface area (Å²) in [6.07, 6.45) is 6.28. The highest BCUT2D eigenvalue weighted by atomic mass is 16.6. The Morgan fingerprint density at radius 2 is 1.95 bits per heavy atom. The first-order valence-electron chi connectivity index (χ1n) is 7.53. The van der Waals surface area contributed by atoms with Gasteiger partial charge in [0.25, 0.3) is 5.91 Å². The third kappa shape index (κ3) is 5.45. The molecule has 1 aliphatic rings. The van der Waals surface area contributed by atoms with E-state index in [-0.39, 0.29) is 18.3 Å². The fourth-order valence-corrected chi connectivity index (χ4v) is 2.52. The maximum atomic E-state index is 11.7. The van der Waals surface area contributed by atoms with Crippen molar-refractivity contribution in [1.29, 1.82) is 0 Å². The number of nitrogens with zero attached hydrogens (tertiary/aromatic N) is 1. The monoisotopic (exact) mass is 289 g/mol. The molecule has 114 valence electrons. The van der Waals surface area contributed by atoms with Crippen molar-refractivity contribution in [3.63, 3.8) is 0 Å². The average Bonchev–Trinajstić information content (AvgIpc) is 2.54. The van der Waals surface area contributed by atoms with E-state index in [1.165, 1.54) is 32.1 Å². The first kappa shape index (κ1) is 15.4. The predicted octanol–water partition coefficient (Wildman–Crippen LogP) is 2.02. The summed E-state index contributed by atoms with van der Waals surface area (Å²) in [5, 5.41) is 6.65. The number of rotatable bonds is 6. The molecule has 5 heteroatoms. The van der Waals surface area contributed by atoms with Crippen LogP contribution >= 0.6 is 0 Å². The van der Waals surface area contributed by atoms with Gasteiger partial charge in [0.05, 0.1) is 0 Å². The number of nitrogens with one attached hydrogen (secondary N) is 1. The Bertz CT molecular complexity index is 468. The third-order valence-corrected chi connectivity index (χ3v) is 3.74. The van der Waals surface area contributed by atoms with Gasteiger partial charge in [-0.1, -0.05) is 54.8 Å². The number of amidine groups is 1. The number of carbonyl (C=O) groups is 1. The van der Waals surface area contributed by atoms with Crippen LogP contribution in [0.15, 0.2) is 35.5 Å². The van der Waals surface area contributed by atoms with E-state index in [0.29, 0.717) is 5.92 Å². The lowest BCUT2D eigenvalue weighted by molar-refractivity contribution is -0.125. The van der Waals surface area contributed by atoms with Gasteiger partial charge in [-0.05, 0) is 18.8 Å². The SMILES string of the molecule is N/C(=N\OCC(=O)NCC1CCCCC1)c1ccccc1. The van der Waals surface area contributed by atoms with Crippen LogP contribution in [0, 0.1) is 5.92 Å². The molecule has 1 saturated carbocycles. The van der Waals surface area contributed by atoms with Crippen molar-refractivity contribution in [3.05, 3.63) is 35.9 Å². The second-order valence-electron chi connectivity index (χ2n) is 5.42. The molecule has 0 saturated heterocycles. The molecule has 1 aromatic rings. The van der Waals surface area contributed by atoms with Crippen LogP contribution in [0.4, 0.5) is 0 Å². The summed E-state index contributed by atoms with van der Waals surface area (Å²) < 4.78 is 0. The fourth-order valence-electron chi connectivity index (χ4n) is 2.52. The smallest absolute Gasteiger partial charge is 0.260 e. The van der Waals surface area contributed by atoms with E-state index in [2.05, 4.69) is 10.5 Å². The fraction of sp³-hybridized carbons (Fsp3) is 0.500. The summed E-state index contributed by atoms with van der Waals surface area (Å²) in [4.78, 5) is 16.7. The molecule has 0 heterocycles. The molecule has 0 unspecified atom stereocenters. The van der Waals surface area contributed by atoms with Crippen molar-refractivity contribution in [2.45, 2.75) is 32.1 Å². The minimum atomic E-state index is -0.148.